The zero-order valence-electron chi connectivity index (χ0n) is 19.3. The SMILES string of the molecule is COc1ccc(/C=C/C(=O)Nc2cnn(Cc3ccccc3)c2)cc1COc1ccc(C)cc1. The molecular weight excluding hydrogens is 426 g/mol. The van der Waals surface area contributed by atoms with Crippen molar-refractivity contribution in [1.29, 1.82) is 0 Å². The molecule has 0 spiro atoms. The molecule has 1 N–H and O–H groups in total. The summed E-state index contributed by atoms with van der Waals surface area (Å²) in [6.45, 7) is 3.04. The minimum atomic E-state index is -0.229. The number of nitrogens with one attached hydrogen (secondary N) is 1. The Hall–Kier alpha value is -4.32. The van der Waals surface area contributed by atoms with Crippen LogP contribution in [0.25, 0.3) is 6.08 Å². The van der Waals surface area contributed by atoms with Crippen molar-refractivity contribution in [1.82, 2.24) is 9.78 Å². The molecule has 0 aliphatic carbocycles. The van der Waals surface area contributed by atoms with Gasteiger partial charge in [0.1, 0.15) is 18.1 Å². The van der Waals surface area contributed by atoms with Gasteiger partial charge in [0, 0.05) is 17.8 Å². The van der Waals surface area contributed by atoms with Crippen LogP contribution < -0.4 is 14.8 Å². The first-order valence-corrected chi connectivity index (χ1v) is 11.0. The molecule has 4 rings (SSSR count). The predicted octanol–water partition coefficient (Wildman–Crippen LogP) is 5.48. The minimum Gasteiger partial charge on any atom is -0.496 e. The van der Waals surface area contributed by atoms with Gasteiger partial charge in [-0.2, -0.15) is 5.10 Å². The van der Waals surface area contributed by atoms with Crippen molar-refractivity contribution in [3.8, 4) is 11.5 Å². The fourth-order valence-corrected chi connectivity index (χ4v) is 3.45. The van der Waals surface area contributed by atoms with Crippen molar-refractivity contribution < 1.29 is 14.3 Å². The summed E-state index contributed by atoms with van der Waals surface area (Å²) in [5, 5.41) is 7.16. The molecule has 6 heteroatoms. The highest BCUT2D eigenvalue weighted by Gasteiger charge is 2.06. The van der Waals surface area contributed by atoms with Gasteiger partial charge < -0.3 is 14.8 Å². The Labute approximate surface area is 199 Å². The van der Waals surface area contributed by atoms with Crippen LogP contribution in [0.2, 0.25) is 0 Å². The summed E-state index contributed by atoms with van der Waals surface area (Å²) >= 11 is 0. The van der Waals surface area contributed by atoms with Crippen molar-refractivity contribution >= 4 is 17.7 Å². The Kier molecular flexibility index (Phi) is 7.40. The van der Waals surface area contributed by atoms with Gasteiger partial charge in [-0.05, 0) is 48.4 Å². The van der Waals surface area contributed by atoms with Crippen LogP contribution >= 0.6 is 0 Å². The van der Waals surface area contributed by atoms with Crippen LogP contribution in [0.3, 0.4) is 0 Å². The van der Waals surface area contributed by atoms with Crippen LogP contribution in [0.1, 0.15) is 22.3 Å². The molecular formula is C28H27N3O3. The lowest BCUT2D eigenvalue weighted by Gasteiger charge is -2.11. The lowest BCUT2D eigenvalue weighted by molar-refractivity contribution is -0.111. The van der Waals surface area contributed by atoms with Gasteiger partial charge in [-0.25, -0.2) is 0 Å². The van der Waals surface area contributed by atoms with Gasteiger partial charge in [0.15, 0.2) is 0 Å². The Morgan fingerprint density at radius 3 is 2.62 bits per heavy atom. The fraction of sp³-hybridized carbons (Fsp3) is 0.143. The first kappa shape index (κ1) is 22.9. The summed E-state index contributed by atoms with van der Waals surface area (Å²) in [6, 6.07) is 23.7. The molecule has 0 fully saturated rings. The maximum absolute atomic E-state index is 12.4. The topological polar surface area (TPSA) is 65.4 Å². The number of aromatic nitrogens is 2. The lowest BCUT2D eigenvalue weighted by Crippen LogP contribution is -2.07. The molecule has 1 heterocycles. The Morgan fingerprint density at radius 1 is 1.06 bits per heavy atom. The van der Waals surface area contributed by atoms with Crippen LogP contribution in [0.15, 0.2) is 91.3 Å². The zero-order chi connectivity index (χ0) is 23.8. The van der Waals surface area contributed by atoms with E-state index in [0.717, 1.165) is 28.2 Å². The third-order valence-electron chi connectivity index (χ3n) is 5.24. The molecule has 34 heavy (non-hydrogen) atoms. The van der Waals surface area contributed by atoms with E-state index in [-0.39, 0.29) is 5.91 Å². The molecule has 0 saturated carbocycles. The van der Waals surface area contributed by atoms with Crippen molar-refractivity contribution in [2.45, 2.75) is 20.1 Å². The van der Waals surface area contributed by atoms with E-state index in [1.807, 2.05) is 85.9 Å². The number of anilines is 1. The molecule has 0 atom stereocenters. The van der Waals surface area contributed by atoms with Crippen molar-refractivity contribution in [2.24, 2.45) is 0 Å². The van der Waals surface area contributed by atoms with E-state index >= 15 is 0 Å². The standard InChI is InChI=1S/C28H27N3O3/c1-21-8-12-26(13-9-21)34-20-24-16-22(10-14-27(24)33-2)11-15-28(32)30-25-17-29-31(19-25)18-23-6-4-3-5-7-23/h3-17,19H,18,20H2,1-2H3,(H,30,32)/b15-11+. The van der Waals surface area contributed by atoms with E-state index in [9.17, 15) is 4.79 Å². The number of rotatable bonds is 9. The summed E-state index contributed by atoms with van der Waals surface area (Å²) in [7, 11) is 1.63. The number of carbonyl (C=O) groups is 1. The molecule has 0 saturated heterocycles. The van der Waals surface area contributed by atoms with E-state index in [0.29, 0.717) is 18.8 Å². The molecule has 0 aliphatic rings. The van der Waals surface area contributed by atoms with Gasteiger partial charge in [-0.1, -0.05) is 54.1 Å². The first-order valence-electron chi connectivity index (χ1n) is 11.0. The molecule has 1 aromatic heterocycles. The largest absolute Gasteiger partial charge is 0.496 e. The quantitative estimate of drug-likeness (QED) is 0.341. The number of carbonyl (C=O) groups excluding carboxylic acids is 1. The molecule has 6 nitrogen and oxygen atoms in total. The molecule has 0 radical (unpaired) electrons. The van der Waals surface area contributed by atoms with Crippen LogP contribution in [-0.2, 0) is 17.9 Å². The van der Waals surface area contributed by atoms with Crippen molar-refractivity contribution in [2.75, 3.05) is 12.4 Å². The number of amides is 1. The second-order valence-electron chi connectivity index (χ2n) is 7.91. The van der Waals surface area contributed by atoms with Crippen molar-refractivity contribution in [3.05, 3.63) is 114 Å². The van der Waals surface area contributed by atoms with Crippen LogP contribution in [-0.4, -0.2) is 22.8 Å². The van der Waals surface area contributed by atoms with Gasteiger partial charge in [0.05, 0.1) is 25.5 Å². The predicted molar refractivity (Wildman–Crippen MR) is 134 cm³/mol. The fourth-order valence-electron chi connectivity index (χ4n) is 3.45. The van der Waals surface area contributed by atoms with Gasteiger partial charge >= 0.3 is 0 Å². The lowest BCUT2D eigenvalue weighted by atomic mass is 10.1. The average Bonchev–Trinajstić information content (AvgIpc) is 3.29. The highest BCUT2D eigenvalue weighted by Crippen LogP contribution is 2.23. The number of ether oxygens (including phenoxy) is 2. The summed E-state index contributed by atoms with van der Waals surface area (Å²) in [6.07, 6.45) is 6.72. The van der Waals surface area contributed by atoms with Crippen LogP contribution in [0.4, 0.5) is 5.69 Å². The maximum Gasteiger partial charge on any atom is 0.248 e. The molecule has 0 bridgehead atoms. The van der Waals surface area contributed by atoms with E-state index in [1.54, 1.807) is 24.1 Å². The normalized spacial score (nSPS) is 10.9. The van der Waals surface area contributed by atoms with Crippen LogP contribution in [0.5, 0.6) is 11.5 Å². The Balaban J connectivity index is 1.36. The average molecular weight is 454 g/mol. The minimum absolute atomic E-state index is 0.229. The number of benzene rings is 3. The second kappa shape index (κ2) is 11.0. The van der Waals surface area contributed by atoms with Crippen LogP contribution in [0, 0.1) is 6.92 Å². The van der Waals surface area contributed by atoms with E-state index in [2.05, 4.69) is 10.4 Å². The number of hydrogen-bond acceptors (Lipinski definition) is 4. The summed E-state index contributed by atoms with van der Waals surface area (Å²) in [4.78, 5) is 12.4. The highest BCUT2D eigenvalue weighted by atomic mass is 16.5. The van der Waals surface area contributed by atoms with E-state index in [4.69, 9.17) is 9.47 Å². The molecule has 172 valence electrons. The molecule has 0 aliphatic heterocycles. The van der Waals surface area contributed by atoms with Gasteiger partial charge in [-0.3, -0.25) is 9.48 Å². The maximum atomic E-state index is 12.4. The number of nitrogens with zero attached hydrogens (tertiary/aromatic N) is 2. The third-order valence-corrected chi connectivity index (χ3v) is 5.24. The Morgan fingerprint density at radius 2 is 1.85 bits per heavy atom. The molecule has 4 aromatic rings. The van der Waals surface area contributed by atoms with E-state index < -0.39 is 0 Å². The van der Waals surface area contributed by atoms with Gasteiger partial charge in [0.2, 0.25) is 5.91 Å². The summed E-state index contributed by atoms with van der Waals surface area (Å²) in [5.41, 5.74) is 4.74. The number of methoxy groups -OCH3 is 1. The van der Waals surface area contributed by atoms with Crippen molar-refractivity contribution in [3.63, 3.8) is 0 Å². The second-order valence-corrected chi connectivity index (χ2v) is 7.91. The summed E-state index contributed by atoms with van der Waals surface area (Å²) < 4.78 is 13.2. The number of hydrogen-bond donors (Lipinski definition) is 1. The summed E-state index contributed by atoms with van der Waals surface area (Å²) in [5.74, 6) is 1.30. The third kappa shape index (κ3) is 6.36. The monoisotopic (exact) mass is 453 g/mol. The highest BCUT2D eigenvalue weighted by molar-refractivity contribution is 6.01. The van der Waals surface area contributed by atoms with E-state index in [1.165, 1.54) is 11.6 Å². The zero-order valence-corrected chi connectivity index (χ0v) is 19.3. The van der Waals surface area contributed by atoms with Gasteiger partial charge in [0.25, 0.3) is 0 Å². The number of aryl methyl sites for hydroxylation is 1. The first-order chi connectivity index (χ1) is 16.6. The molecule has 0 unspecified atom stereocenters. The molecule has 1 amide bonds. The Bertz CT molecular complexity index is 1260. The van der Waals surface area contributed by atoms with Gasteiger partial charge in [-0.15, -0.1) is 0 Å². The molecule has 3 aromatic carbocycles. The smallest absolute Gasteiger partial charge is 0.248 e.